The number of hydrogen-bond donors (Lipinski definition) is 1. The van der Waals surface area contributed by atoms with Crippen molar-refractivity contribution in [3.63, 3.8) is 0 Å². The Morgan fingerprint density at radius 2 is 2.28 bits per heavy atom. The van der Waals surface area contributed by atoms with Crippen LogP contribution in [0.25, 0.3) is 0 Å². The van der Waals surface area contributed by atoms with Crippen LogP contribution in [0.3, 0.4) is 0 Å². The fourth-order valence-electron chi connectivity index (χ4n) is 2.36. The molecule has 1 aliphatic rings. The Labute approximate surface area is 116 Å². The Bertz CT molecular complexity index is 372. The summed E-state index contributed by atoms with van der Waals surface area (Å²) in [6.07, 6.45) is 3.81. The lowest BCUT2D eigenvalue weighted by molar-refractivity contribution is 0.0480. The molecule has 0 spiro atoms. The van der Waals surface area contributed by atoms with Crippen LogP contribution in [0.4, 0.5) is 0 Å². The van der Waals surface area contributed by atoms with Crippen LogP contribution in [-0.4, -0.2) is 34.8 Å². The first-order chi connectivity index (χ1) is 8.69. The minimum absolute atomic E-state index is 0.150. The lowest BCUT2D eigenvalue weighted by Crippen LogP contribution is -2.36. The van der Waals surface area contributed by atoms with E-state index in [1.54, 1.807) is 7.11 Å². The lowest BCUT2D eigenvalue weighted by atomic mass is 10.0. The second-order valence-corrected chi connectivity index (χ2v) is 5.61. The summed E-state index contributed by atoms with van der Waals surface area (Å²) in [6, 6.07) is 0.150. The van der Waals surface area contributed by atoms with Gasteiger partial charge in [-0.25, -0.2) is 4.68 Å². The van der Waals surface area contributed by atoms with Gasteiger partial charge in [-0.05, 0) is 47.7 Å². The summed E-state index contributed by atoms with van der Waals surface area (Å²) < 4.78 is 8.35. The van der Waals surface area contributed by atoms with E-state index >= 15 is 0 Å². The summed E-state index contributed by atoms with van der Waals surface area (Å²) in [5.41, 5.74) is 1.07. The zero-order valence-corrected chi connectivity index (χ0v) is 12.8. The number of hydrogen-bond acceptors (Lipinski definition) is 4. The average Bonchev–Trinajstić information content (AvgIpc) is 3.13. The van der Waals surface area contributed by atoms with Gasteiger partial charge in [0.05, 0.1) is 17.8 Å². The zero-order valence-electron chi connectivity index (χ0n) is 11.2. The van der Waals surface area contributed by atoms with E-state index in [1.807, 2.05) is 11.7 Å². The minimum Gasteiger partial charge on any atom is -0.379 e. The highest BCUT2D eigenvalue weighted by atomic mass is 79.9. The van der Waals surface area contributed by atoms with Crippen LogP contribution in [0.1, 0.15) is 37.9 Å². The van der Waals surface area contributed by atoms with E-state index in [-0.39, 0.29) is 12.1 Å². The third kappa shape index (κ3) is 2.92. The highest BCUT2D eigenvalue weighted by Crippen LogP contribution is 2.40. The van der Waals surface area contributed by atoms with Crippen molar-refractivity contribution in [2.75, 3.05) is 13.7 Å². The standard InChI is InChI=1S/C12H21BrN4O/c1-4-7-14-9(11(18-3)8-5-6-8)10-12(13)15-16-17(10)2/h8-9,11,14H,4-7H2,1-3H3. The Kier molecular flexibility index (Phi) is 4.75. The summed E-state index contributed by atoms with van der Waals surface area (Å²) in [6.45, 7) is 3.13. The molecule has 1 saturated carbocycles. The fraction of sp³-hybridized carbons (Fsp3) is 0.833. The predicted molar refractivity (Wildman–Crippen MR) is 73.3 cm³/mol. The van der Waals surface area contributed by atoms with Gasteiger partial charge in [-0.2, -0.15) is 0 Å². The molecule has 0 aliphatic heterocycles. The molecule has 2 unspecified atom stereocenters. The molecule has 102 valence electrons. The first kappa shape index (κ1) is 14.0. The molecule has 0 radical (unpaired) electrons. The molecule has 1 heterocycles. The van der Waals surface area contributed by atoms with E-state index in [2.05, 4.69) is 38.5 Å². The quantitative estimate of drug-likeness (QED) is 0.836. The molecule has 1 fully saturated rings. The molecule has 5 nitrogen and oxygen atoms in total. The molecule has 1 aliphatic carbocycles. The molecule has 1 N–H and O–H groups in total. The normalized spacial score (nSPS) is 18.9. The van der Waals surface area contributed by atoms with E-state index in [9.17, 15) is 0 Å². The molecule has 0 bridgehead atoms. The molecule has 1 aromatic rings. The molecular weight excluding hydrogens is 296 g/mol. The summed E-state index contributed by atoms with van der Waals surface area (Å²) in [7, 11) is 3.72. The second kappa shape index (κ2) is 6.12. The first-order valence-corrected chi connectivity index (χ1v) is 7.29. The van der Waals surface area contributed by atoms with E-state index in [0.717, 1.165) is 23.3 Å². The number of methoxy groups -OCH3 is 1. The topological polar surface area (TPSA) is 52.0 Å². The highest BCUT2D eigenvalue weighted by Gasteiger charge is 2.39. The smallest absolute Gasteiger partial charge is 0.153 e. The first-order valence-electron chi connectivity index (χ1n) is 6.50. The molecular formula is C12H21BrN4O. The van der Waals surface area contributed by atoms with Crippen molar-refractivity contribution in [3.8, 4) is 0 Å². The third-order valence-electron chi connectivity index (χ3n) is 3.42. The zero-order chi connectivity index (χ0) is 13.1. The van der Waals surface area contributed by atoms with Crippen molar-refractivity contribution in [2.45, 2.75) is 38.3 Å². The molecule has 18 heavy (non-hydrogen) atoms. The minimum atomic E-state index is 0.150. The van der Waals surface area contributed by atoms with Crippen LogP contribution in [0, 0.1) is 5.92 Å². The van der Waals surface area contributed by atoms with Crippen LogP contribution >= 0.6 is 15.9 Å². The third-order valence-corrected chi connectivity index (χ3v) is 3.99. The van der Waals surface area contributed by atoms with Crippen LogP contribution < -0.4 is 5.32 Å². The lowest BCUT2D eigenvalue weighted by Gasteiger charge is -2.27. The number of halogens is 1. The summed E-state index contributed by atoms with van der Waals surface area (Å²) in [4.78, 5) is 0. The van der Waals surface area contributed by atoms with Gasteiger partial charge in [-0.3, -0.25) is 0 Å². The van der Waals surface area contributed by atoms with Crippen molar-refractivity contribution in [1.29, 1.82) is 0 Å². The number of aryl methyl sites for hydroxylation is 1. The summed E-state index contributed by atoms with van der Waals surface area (Å²) in [5.74, 6) is 0.658. The van der Waals surface area contributed by atoms with Crippen molar-refractivity contribution >= 4 is 15.9 Å². The van der Waals surface area contributed by atoms with Crippen LogP contribution in [0.5, 0.6) is 0 Å². The largest absolute Gasteiger partial charge is 0.379 e. The van der Waals surface area contributed by atoms with Gasteiger partial charge in [0.15, 0.2) is 4.60 Å². The molecule has 1 aromatic heterocycles. The number of nitrogens with one attached hydrogen (secondary N) is 1. The maximum atomic E-state index is 5.72. The average molecular weight is 317 g/mol. The molecule has 0 aromatic carbocycles. The fourth-order valence-corrected chi connectivity index (χ4v) is 2.94. The molecule has 0 amide bonds. The van der Waals surface area contributed by atoms with Gasteiger partial charge < -0.3 is 10.1 Å². The molecule has 6 heteroatoms. The van der Waals surface area contributed by atoms with Gasteiger partial charge in [-0.15, -0.1) is 5.10 Å². The predicted octanol–water partition coefficient (Wildman–Crippen LogP) is 2.04. The highest BCUT2D eigenvalue weighted by molar-refractivity contribution is 9.10. The number of rotatable bonds is 7. The summed E-state index contributed by atoms with van der Waals surface area (Å²) >= 11 is 3.49. The molecule has 2 rings (SSSR count). The molecule has 0 saturated heterocycles. The second-order valence-electron chi connectivity index (χ2n) is 4.86. The number of aromatic nitrogens is 3. The van der Waals surface area contributed by atoms with Crippen LogP contribution in [0.15, 0.2) is 4.60 Å². The van der Waals surface area contributed by atoms with Crippen LogP contribution in [0.2, 0.25) is 0 Å². The Balaban J connectivity index is 2.23. The Hall–Kier alpha value is -0.460. The van der Waals surface area contributed by atoms with E-state index in [1.165, 1.54) is 12.8 Å². The van der Waals surface area contributed by atoms with Gasteiger partial charge in [0.1, 0.15) is 0 Å². The van der Waals surface area contributed by atoms with E-state index < -0.39 is 0 Å². The van der Waals surface area contributed by atoms with Crippen molar-refractivity contribution < 1.29 is 4.74 Å². The van der Waals surface area contributed by atoms with Crippen LogP contribution in [-0.2, 0) is 11.8 Å². The monoisotopic (exact) mass is 316 g/mol. The molecule has 2 atom stereocenters. The SMILES string of the molecule is CCCNC(c1c(Br)nnn1C)C(OC)C1CC1. The van der Waals surface area contributed by atoms with Gasteiger partial charge >= 0.3 is 0 Å². The maximum Gasteiger partial charge on any atom is 0.153 e. The maximum absolute atomic E-state index is 5.72. The Morgan fingerprint density at radius 1 is 1.56 bits per heavy atom. The van der Waals surface area contributed by atoms with Gasteiger partial charge in [0, 0.05) is 14.2 Å². The van der Waals surface area contributed by atoms with Crippen molar-refractivity contribution in [3.05, 3.63) is 10.3 Å². The van der Waals surface area contributed by atoms with E-state index in [0.29, 0.717) is 5.92 Å². The van der Waals surface area contributed by atoms with Gasteiger partial charge in [0.25, 0.3) is 0 Å². The van der Waals surface area contributed by atoms with Gasteiger partial charge in [0.2, 0.25) is 0 Å². The number of ether oxygens (including phenoxy) is 1. The van der Waals surface area contributed by atoms with Crippen molar-refractivity contribution in [1.82, 2.24) is 20.3 Å². The Morgan fingerprint density at radius 3 is 2.72 bits per heavy atom. The van der Waals surface area contributed by atoms with Gasteiger partial charge in [-0.1, -0.05) is 12.1 Å². The summed E-state index contributed by atoms with van der Waals surface area (Å²) in [5, 5.41) is 11.7. The van der Waals surface area contributed by atoms with Crippen molar-refractivity contribution in [2.24, 2.45) is 13.0 Å². The van der Waals surface area contributed by atoms with E-state index in [4.69, 9.17) is 4.74 Å². The number of nitrogens with zero attached hydrogens (tertiary/aromatic N) is 3.